The van der Waals surface area contributed by atoms with E-state index in [1.165, 1.54) is 0 Å². The molecule has 3 aromatic rings. The lowest BCUT2D eigenvalue weighted by atomic mass is 10.1. The third-order valence-electron chi connectivity index (χ3n) is 3.07. The van der Waals surface area contributed by atoms with Crippen LogP contribution < -0.4 is 5.43 Å². The van der Waals surface area contributed by atoms with E-state index < -0.39 is 0 Å². The first-order valence-corrected chi connectivity index (χ1v) is 8.71. The van der Waals surface area contributed by atoms with Crippen LogP contribution in [0, 0.1) is 0 Å². The minimum absolute atomic E-state index is 0.0218. The average Bonchev–Trinajstić information content (AvgIpc) is 2.55. The Hall–Kier alpha value is -1.23. The molecule has 1 heterocycles. The summed E-state index contributed by atoms with van der Waals surface area (Å²) in [6.07, 6.45) is 0. The molecule has 104 valence electrons. The van der Waals surface area contributed by atoms with Crippen LogP contribution in [-0.4, -0.2) is 0 Å². The molecule has 0 aliphatic heterocycles. The van der Waals surface area contributed by atoms with Gasteiger partial charge in [-0.15, -0.1) is 11.3 Å². The molecule has 0 atom stereocenters. The smallest absolute Gasteiger partial charge is 0.209 e. The van der Waals surface area contributed by atoms with Crippen LogP contribution in [0.1, 0.15) is 0 Å². The van der Waals surface area contributed by atoms with Gasteiger partial charge in [-0.3, -0.25) is 4.79 Å². The summed E-state index contributed by atoms with van der Waals surface area (Å²) in [6, 6.07) is 19.9. The minimum Gasteiger partial charge on any atom is -0.287 e. The summed E-state index contributed by atoms with van der Waals surface area (Å²) >= 11 is 8.49. The summed E-state index contributed by atoms with van der Waals surface area (Å²) in [6.45, 7) is 0. The first kappa shape index (κ1) is 14.7. The van der Waals surface area contributed by atoms with Crippen molar-refractivity contribution in [3.8, 4) is 20.9 Å². The highest BCUT2D eigenvalue weighted by molar-refractivity contribution is 9.11. The quantitative estimate of drug-likeness (QED) is 0.498. The molecule has 1 aromatic heterocycles. The summed E-state index contributed by atoms with van der Waals surface area (Å²) in [4.78, 5) is 14.4. The summed E-state index contributed by atoms with van der Waals surface area (Å²) in [5.74, 6) is 0. The van der Waals surface area contributed by atoms with E-state index in [2.05, 4.69) is 31.9 Å². The summed E-state index contributed by atoms with van der Waals surface area (Å²) in [5.41, 5.74) is 2.05. The first-order chi connectivity index (χ1) is 10.2. The fraction of sp³-hybridized carbons (Fsp3) is 0. The Bertz CT molecular complexity index is 760. The normalized spacial score (nSPS) is 10.6. The molecule has 21 heavy (non-hydrogen) atoms. The van der Waals surface area contributed by atoms with Crippen molar-refractivity contribution in [1.29, 1.82) is 0 Å². The third kappa shape index (κ3) is 2.89. The molecule has 0 radical (unpaired) electrons. The average molecular weight is 422 g/mol. The summed E-state index contributed by atoms with van der Waals surface area (Å²) < 4.78 is 1.20. The standard InChI is InChI=1S/C17H10Br2OS/c18-13-15(20)14(19)17(12-9-5-2-6-10-12)21-16(13)11-7-3-1-4-8-11/h1-10H. The van der Waals surface area contributed by atoms with E-state index in [1.54, 1.807) is 11.3 Å². The van der Waals surface area contributed by atoms with Crippen molar-refractivity contribution in [2.24, 2.45) is 0 Å². The lowest BCUT2D eigenvalue weighted by molar-refractivity contribution is 1.53. The van der Waals surface area contributed by atoms with Gasteiger partial charge in [-0.25, -0.2) is 0 Å². The first-order valence-electron chi connectivity index (χ1n) is 6.31. The predicted octanol–water partition coefficient (Wildman–Crippen LogP) is 5.97. The van der Waals surface area contributed by atoms with Gasteiger partial charge in [0.25, 0.3) is 0 Å². The van der Waals surface area contributed by atoms with E-state index in [0.29, 0.717) is 8.95 Å². The molecule has 0 N–H and O–H groups in total. The fourth-order valence-corrected chi connectivity index (χ4v) is 4.73. The van der Waals surface area contributed by atoms with Crippen LogP contribution in [0.25, 0.3) is 20.9 Å². The Labute approximate surface area is 143 Å². The topological polar surface area (TPSA) is 17.1 Å². The fourth-order valence-electron chi connectivity index (χ4n) is 2.04. The maximum absolute atomic E-state index is 12.5. The molecule has 0 fully saturated rings. The third-order valence-corrected chi connectivity index (χ3v) is 6.40. The van der Waals surface area contributed by atoms with Gasteiger partial charge in [0.05, 0.1) is 18.7 Å². The summed E-state index contributed by atoms with van der Waals surface area (Å²) in [5, 5.41) is 0. The van der Waals surface area contributed by atoms with Gasteiger partial charge in [0.2, 0.25) is 5.43 Å². The highest BCUT2D eigenvalue weighted by Gasteiger charge is 2.16. The highest BCUT2D eigenvalue weighted by Crippen LogP contribution is 2.39. The van der Waals surface area contributed by atoms with Gasteiger partial charge in [-0.2, -0.15) is 0 Å². The Morgan fingerprint density at radius 3 is 1.43 bits per heavy atom. The molecule has 0 unspecified atom stereocenters. The molecule has 3 rings (SSSR count). The Kier molecular flexibility index (Phi) is 4.38. The molecule has 0 aliphatic carbocycles. The van der Waals surface area contributed by atoms with E-state index in [-0.39, 0.29) is 5.43 Å². The van der Waals surface area contributed by atoms with Crippen LogP contribution in [0.5, 0.6) is 0 Å². The van der Waals surface area contributed by atoms with E-state index in [0.717, 1.165) is 20.9 Å². The summed E-state index contributed by atoms with van der Waals surface area (Å²) in [7, 11) is 0. The molecular weight excluding hydrogens is 412 g/mol. The molecule has 2 aromatic carbocycles. The van der Waals surface area contributed by atoms with E-state index in [4.69, 9.17) is 0 Å². The Morgan fingerprint density at radius 2 is 1.05 bits per heavy atom. The zero-order valence-corrected chi connectivity index (χ0v) is 14.8. The van der Waals surface area contributed by atoms with Gasteiger partial charge in [-0.1, -0.05) is 60.7 Å². The molecule has 1 nitrogen and oxygen atoms in total. The van der Waals surface area contributed by atoms with Gasteiger partial charge < -0.3 is 0 Å². The van der Waals surface area contributed by atoms with Crippen LogP contribution in [0.15, 0.2) is 74.4 Å². The molecule has 0 spiro atoms. The maximum Gasteiger partial charge on any atom is 0.209 e. The Morgan fingerprint density at radius 1 is 0.667 bits per heavy atom. The molecule has 0 amide bonds. The van der Waals surface area contributed by atoms with Crippen molar-refractivity contribution in [3.05, 3.63) is 79.8 Å². The van der Waals surface area contributed by atoms with Crippen molar-refractivity contribution in [2.45, 2.75) is 0 Å². The van der Waals surface area contributed by atoms with Gasteiger partial charge in [0, 0.05) is 0 Å². The lowest BCUT2D eigenvalue weighted by Crippen LogP contribution is -2.04. The second kappa shape index (κ2) is 6.26. The van der Waals surface area contributed by atoms with Gasteiger partial charge in [0.15, 0.2) is 0 Å². The zero-order valence-electron chi connectivity index (χ0n) is 10.8. The van der Waals surface area contributed by atoms with Crippen molar-refractivity contribution in [3.63, 3.8) is 0 Å². The van der Waals surface area contributed by atoms with Crippen molar-refractivity contribution in [1.82, 2.24) is 0 Å². The maximum atomic E-state index is 12.5. The highest BCUT2D eigenvalue weighted by atomic mass is 79.9. The second-order valence-corrected chi connectivity index (χ2v) is 7.06. The van der Waals surface area contributed by atoms with Gasteiger partial charge in [-0.05, 0) is 43.0 Å². The Balaban J connectivity index is 2.29. The van der Waals surface area contributed by atoms with Crippen LogP contribution in [0.3, 0.4) is 0 Å². The number of rotatable bonds is 2. The van der Waals surface area contributed by atoms with Crippen LogP contribution in [-0.2, 0) is 0 Å². The largest absolute Gasteiger partial charge is 0.287 e. The number of hydrogen-bond acceptors (Lipinski definition) is 2. The second-order valence-electron chi connectivity index (χ2n) is 4.45. The van der Waals surface area contributed by atoms with Crippen molar-refractivity contribution in [2.75, 3.05) is 0 Å². The predicted molar refractivity (Wildman–Crippen MR) is 96.9 cm³/mol. The van der Waals surface area contributed by atoms with Crippen LogP contribution in [0.4, 0.5) is 0 Å². The molecule has 0 bridgehead atoms. The molecule has 0 aliphatic rings. The van der Waals surface area contributed by atoms with Gasteiger partial charge >= 0.3 is 0 Å². The number of benzene rings is 2. The molecule has 4 heteroatoms. The van der Waals surface area contributed by atoms with Crippen LogP contribution >= 0.6 is 43.2 Å². The van der Waals surface area contributed by atoms with Crippen molar-refractivity contribution >= 4 is 43.2 Å². The number of hydrogen-bond donors (Lipinski definition) is 0. The van der Waals surface area contributed by atoms with E-state index >= 15 is 0 Å². The van der Waals surface area contributed by atoms with E-state index in [9.17, 15) is 4.79 Å². The SMILES string of the molecule is O=c1c(Br)c(-c2ccccc2)sc(-c2ccccc2)c1Br. The molecule has 0 saturated heterocycles. The molecule has 0 saturated carbocycles. The van der Waals surface area contributed by atoms with E-state index in [1.807, 2.05) is 60.7 Å². The van der Waals surface area contributed by atoms with Crippen LogP contribution in [0.2, 0.25) is 0 Å². The zero-order chi connectivity index (χ0) is 14.8. The number of halogens is 2. The lowest BCUT2D eigenvalue weighted by Gasteiger charge is -2.09. The van der Waals surface area contributed by atoms with Crippen molar-refractivity contribution < 1.29 is 0 Å². The van der Waals surface area contributed by atoms with Gasteiger partial charge in [0.1, 0.15) is 0 Å². The minimum atomic E-state index is -0.0218. The molecular formula is C17H10Br2OS. The monoisotopic (exact) mass is 420 g/mol.